The van der Waals surface area contributed by atoms with Gasteiger partial charge in [-0.2, -0.15) is 0 Å². The molecule has 0 aromatic heterocycles. The first-order valence-corrected chi connectivity index (χ1v) is 4.59. The highest BCUT2D eigenvalue weighted by atomic mass is 14.5. The number of benzene rings is 1. The summed E-state index contributed by atoms with van der Waals surface area (Å²) in [6, 6.07) is 8.39. The second kappa shape index (κ2) is 4.24. The lowest BCUT2D eigenvalue weighted by atomic mass is 9.98. The van der Waals surface area contributed by atoms with Crippen LogP contribution >= 0.6 is 0 Å². The molecule has 0 saturated heterocycles. The van der Waals surface area contributed by atoms with Gasteiger partial charge in [-0.15, -0.1) is 0 Å². The van der Waals surface area contributed by atoms with Crippen molar-refractivity contribution in [3.05, 3.63) is 41.0 Å². The Balaban J connectivity index is 3.16. The molecule has 0 spiro atoms. The first-order valence-electron chi connectivity index (χ1n) is 4.59. The van der Waals surface area contributed by atoms with Crippen LogP contribution in [0.5, 0.6) is 0 Å². The smallest absolute Gasteiger partial charge is 0.0140 e. The van der Waals surface area contributed by atoms with E-state index in [1.807, 2.05) is 0 Å². The van der Waals surface area contributed by atoms with Gasteiger partial charge in [0.25, 0.3) is 0 Å². The van der Waals surface area contributed by atoms with Gasteiger partial charge in [-0.05, 0) is 37.5 Å². The highest BCUT2D eigenvalue weighted by Crippen LogP contribution is 2.20. The lowest BCUT2D eigenvalue weighted by molar-refractivity contribution is 1.13. The second-order valence-corrected chi connectivity index (χ2v) is 3.42. The van der Waals surface area contributed by atoms with E-state index in [1.54, 1.807) is 0 Å². The Labute approximate surface area is 80.3 Å². The van der Waals surface area contributed by atoms with Gasteiger partial charge < -0.3 is 5.73 Å². The van der Waals surface area contributed by atoms with Gasteiger partial charge in [0.1, 0.15) is 0 Å². The number of allylic oxidation sites excluding steroid dienone is 1. The van der Waals surface area contributed by atoms with Crippen LogP contribution in [-0.2, 0) is 0 Å². The Hall–Kier alpha value is -1.08. The molecule has 2 N–H and O–H groups in total. The zero-order valence-electron chi connectivity index (χ0n) is 8.59. The van der Waals surface area contributed by atoms with Crippen molar-refractivity contribution in [2.75, 3.05) is 6.54 Å². The lowest BCUT2D eigenvalue weighted by Crippen LogP contribution is -2.02. The first kappa shape index (κ1) is 10.0. The molecule has 1 rings (SSSR count). The third kappa shape index (κ3) is 2.19. The standard InChI is InChI=1S/C12H17N/c1-9-6-4-5-7-12(9)11(3)10(2)8-13/h4-7H,8,13H2,1-3H3. The van der Waals surface area contributed by atoms with Gasteiger partial charge >= 0.3 is 0 Å². The summed E-state index contributed by atoms with van der Waals surface area (Å²) in [7, 11) is 0. The molecule has 0 aliphatic rings. The minimum atomic E-state index is 0.639. The average molecular weight is 175 g/mol. The molecule has 1 aromatic rings. The Morgan fingerprint density at radius 3 is 2.38 bits per heavy atom. The van der Waals surface area contributed by atoms with Crippen LogP contribution in [0.25, 0.3) is 5.57 Å². The number of hydrogen-bond donors (Lipinski definition) is 1. The molecule has 0 atom stereocenters. The molecule has 1 aromatic carbocycles. The molecular weight excluding hydrogens is 158 g/mol. The van der Waals surface area contributed by atoms with Gasteiger partial charge in [-0.1, -0.05) is 29.8 Å². The zero-order chi connectivity index (χ0) is 9.84. The molecule has 0 radical (unpaired) electrons. The van der Waals surface area contributed by atoms with E-state index < -0.39 is 0 Å². The molecule has 0 aliphatic carbocycles. The fraction of sp³-hybridized carbons (Fsp3) is 0.333. The van der Waals surface area contributed by atoms with Gasteiger partial charge in [0.05, 0.1) is 0 Å². The minimum absolute atomic E-state index is 0.639. The van der Waals surface area contributed by atoms with E-state index in [0.29, 0.717) is 6.54 Å². The van der Waals surface area contributed by atoms with Crippen molar-refractivity contribution in [1.82, 2.24) is 0 Å². The largest absolute Gasteiger partial charge is 0.327 e. The molecule has 13 heavy (non-hydrogen) atoms. The van der Waals surface area contributed by atoms with Crippen LogP contribution in [-0.4, -0.2) is 6.54 Å². The number of nitrogens with two attached hydrogens (primary N) is 1. The van der Waals surface area contributed by atoms with E-state index in [0.717, 1.165) is 0 Å². The molecule has 0 heterocycles. The van der Waals surface area contributed by atoms with Gasteiger partial charge in [-0.3, -0.25) is 0 Å². The topological polar surface area (TPSA) is 26.0 Å². The van der Waals surface area contributed by atoms with Gasteiger partial charge in [0.2, 0.25) is 0 Å². The van der Waals surface area contributed by atoms with Crippen molar-refractivity contribution in [3.8, 4) is 0 Å². The molecule has 0 amide bonds. The molecule has 0 unspecified atom stereocenters. The van der Waals surface area contributed by atoms with Gasteiger partial charge in [0, 0.05) is 6.54 Å². The van der Waals surface area contributed by atoms with E-state index in [-0.39, 0.29) is 0 Å². The van der Waals surface area contributed by atoms with Gasteiger partial charge in [-0.25, -0.2) is 0 Å². The summed E-state index contributed by atoms with van der Waals surface area (Å²) in [5.41, 5.74) is 10.8. The van der Waals surface area contributed by atoms with Crippen LogP contribution in [0, 0.1) is 6.92 Å². The predicted molar refractivity (Wildman–Crippen MR) is 58.5 cm³/mol. The van der Waals surface area contributed by atoms with E-state index in [9.17, 15) is 0 Å². The fourth-order valence-electron chi connectivity index (χ4n) is 1.38. The summed E-state index contributed by atoms with van der Waals surface area (Å²) < 4.78 is 0. The summed E-state index contributed by atoms with van der Waals surface area (Å²) in [6.45, 7) is 6.98. The number of rotatable bonds is 2. The fourth-order valence-corrected chi connectivity index (χ4v) is 1.38. The maximum atomic E-state index is 5.60. The van der Waals surface area contributed by atoms with Crippen molar-refractivity contribution >= 4 is 5.57 Å². The van der Waals surface area contributed by atoms with Gasteiger partial charge in [0.15, 0.2) is 0 Å². The van der Waals surface area contributed by atoms with E-state index in [1.165, 1.54) is 22.3 Å². The molecule has 0 aliphatic heterocycles. The predicted octanol–water partition coefficient (Wildman–Crippen LogP) is 2.75. The zero-order valence-corrected chi connectivity index (χ0v) is 8.59. The quantitative estimate of drug-likeness (QED) is 0.735. The first-order chi connectivity index (χ1) is 6.16. The molecule has 0 fully saturated rings. The molecule has 1 heteroatoms. The van der Waals surface area contributed by atoms with Crippen LogP contribution in [0.1, 0.15) is 25.0 Å². The summed E-state index contributed by atoms with van der Waals surface area (Å²) in [4.78, 5) is 0. The maximum Gasteiger partial charge on any atom is 0.0140 e. The molecule has 0 bridgehead atoms. The van der Waals surface area contributed by atoms with Crippen molar-refractivity contribution < 1.29 is 0 Å². The Morgan fingerprint density at radius 2 is 1.85 bits per heavy atom. The van der Waals surface area contributed by atoms with Crippen molar-refractivity contribution in [1.29, 1.82) is 0 Å². The van der Waals surface area contributed by atoms with Crippen molar-refractivity contribution in [3.63, 3.8) is 0 Å². The maximum absolute atomic E-state index is 5.60. The second-order valence-electron chi connectivity index (χ2n) is 3.42. The van der Waals surface area contributed by atoms with Crippen LogP contribution in [0.2, 0.25) is 0 Å². The van der Waals surface area contributed by atoms with E-state index in [2.05, 4.69) is 45.0 Å². The third-order valence-electron chi connectivity index (χ3n) is 2.50. The normalized spacial score (nSPS) is 12.6. The molecule has 1 nitrogen and oxygen atoms in total. The summed E-state index contributed by atoms with van der Waals surface area (Å²) >= 11 is 0. The summed E-state index contributed by atoms with van der Waals surface area (Å²) in [6.07, 6.45) is 0. The highest BCUT2D eigenvalue weighted by Gasteiger charge is 2.01. The summed E-state index contributed by atoms with van der Waals surface area (Å²) in [5.74, 6) is 0. The Morgan fingerprint density at radius 1 is 1.23 bits per heavy atom. The van der Waals surface area contributed by atoms with Crippen molar-refractivity contribution in [2.45, 2.75) is 20.8 Å². The summed E-state index contributed by atoms with van der Waals surface area (Å²) in [5, 5.41) is 0. The van der Waals surface area contributed by atoms with Crippen LogP contribution in [0.4, 0.5) is 0 Å². The molecule has 0 saturated carbocycles. The molecular formula is C12H17N. The number of aryl methyl sites for hydroxylation is 1. The Kier molecular flexibility index (Phi) is 3.26. The minimum Gasteiger partial charge on any atom is -0.327 e. The SMILES string of the molecule is CC(CN)=C(C)c1ccccc1C. The highest BCUT2D eigenvalue weighted by molar-refractivity contribution is 5.69. The van der Waals surface area contributed by atoms with E-state index in [4.69, 9.17) is 5.73 Å². The van der Waals surface area contributed by atoms with Crippen LogP contribution in [0.3, 0.4) is 0 Å². The Bertz CT molecular complexity index is 324. The average Bonchev–Trinajstić information content (AvgIpc) is 2.16. The third-order valence-corrected chi connectivity index (χ3v) is 2.50. The monoisotopic (exact) mass is 175 g/mol. The lowest BCUT2D eigenvalue weighted by Gasteiger charge is -2.08. The van der Waals surface area contributed by atoms with E-state index >= 15 is 0 Å². The molecule has 70 valence electrons. The van der Waals surface area contributed by atoms with Crippen LogP contribution in [0.15, 0.2) is 29.8 Å². The van der Waals surface area contributed by atoms with Crippen molar-refractivity contribution in [2.24, 2.45) is 5.73 Å². The number of hydrogen-bond acceptors (Lipinski definition) is 1. The van der Waals surface area contributed by atoms with Crippen LogP contribution < -0.4 is 5.73 Å².